The number of rotatable bonds is 5. The molecule has 0 atom stereocenters. The predicted octanol–water partition coefficient (Wildman–Crippen LogP) is 2.76. The highest BCUT2D eigenvalue weighted by Crippen LogP contribution is 2.19. The second-order valence-corrected chi connectivity index (χ2v) is 4.26. The molecule has 19 heavy (non-hydrogen) atoms. The van der Waals surface area contributed by atoms with Crippen LogP contribution in [0.4, 0.5) is 0 Å². The van der Waals surface area contributed by atoms with Crippen molar-refractivity contribution < 1.29 is 9.84 Å². The zero-order valence-electron chi connectivity index (χ0n) is 11.2. The third-order valence-corrected chi connectivity index (χ3v) is 2.96. The Morgan fingerprint density at radius 1 is 1.32 bits per heavy atom. The Labute approximate surface area is 113 Å². The summed E-state index contributed by atoms with van der Waals surface area (Å²) in [6.07, 6.45) is 6.13. The summed E-state index contributed by atoms with van der Waals surface area (Å²) in [5, 5.41) is 14.0. The van der Waals surface area contributed by atoms with Crippen molar-refractivity contribution in [3.8, 4) is 11.5 Å². The third kappa shape index (κ3) is 3.16. The highest BCUT2D eigenvalue weighted by Gasteiger charge is 2.08. The van der Waals surface area contributed by atoms with Gasteiger partial charge in [0.1, 0.15) is 5.75 Å². The number of ether oxygens (including phenoxy) is 1. The van der Waals surface area contributed by atoms with E-state index in [2.05, 4.69) is 5.10 Å². The van der Waals surface area contributed by atoms with E-state index >= 15 is 0 Å². The molecule has 1 aromatic heterocycles. The third-order valence-electron chi connectivity index (χ3n) is 2.96. The lowest BCUT2D eigenvalue weighted by molar-refractivity contribution is 0.414. The SMILES string of the molecule is C/C=C/Cc1c(O)cnn1Cc1ccc(OC)cc1. The number of hydrogen-bond acceptors (Lipinski definition) is 3. The van der Waals surface area contributed by atoms with Gasteiger partial charge in [-0.3, -0.25) is 4.68 Å². The lowest BCUT2D eigenvalue weighted by Crippen LogP contribution is -2.05. The Morgan fingerprint density at radius 3 is 2.68 bits per heavy atom. The number of benzene rings is 1. The van der Waals surface area contributed by atoms with Crippen LogP contribution in [0.1, 0.15) is 18.2 Å². The van der Waals surface area contributed by atoms with Gasteiger partial charge in [0.25, 0.3) is 0 Å². The van der Waals surface area contributed by atoms with E-state index < -0.39 is 0 Å². The molecule has 0 spiro atoms. The Kier molecular flexibility index (Phi) is 4.23. The maximum Gasteiger partial charge on any atom is 0.157 e. The summed E-state index contributed by atoms with van der Waals surface area (Å²) in [6, 6.07) is 7.84. The highest BCUT2D eigenvalue weighted by molar-refractivity contribution is 5.29. The fraction of sp³-hybridized carbons (Fsp3) is 0.267. The van der Waals surface area contributed by atoms with Gasteiger partial charge >= 0.3 is 0 Å². The van der Waals surface area contributed by atoms with Gasteiger partial charge in [-0.1, -0.05) is 24.3 Å². The number of aromatic nitrogens is 2. The van der Waals surface area contributed by atoms with Crippen molar-refractivity contribution >= 4 is 0 Å². The van der Waals surface area contributed by atoms with Crippen LogP contribution in [0.15, 0.2) is 42.6 Å². The van der Waals surface area contributed by atoms with Crippen LogP contribution in [-0.4, -0.2) is 22.0 Å². The van der Waals surface area contributed by atoms with Crippen LogP contribution in [0, 0.1) is 0 Å². The lowest BCUT2D eigenvalue weighted by Gasteiger charge is -2.07. The highest BCUT2D eigenvalue weighted by atomic mass is 16.5. The minimum Gasteiger partial charge on any atom is -0.504 e. The average Bonchev–Trinajstić information content (AvgIpc) is 2.78. The predicted molar refractivity (Wildman–Crippen MR) is 74.5 cm³/mol. The number of methoxy groups -OCH3 is 1. The molecule has 0 radical (unpaired) electrons. The molecule has 0 aliphatic carbocycles. The van der Waals surface area contributed by atoms with Crippen molar-refractivity contribution in [3.63, 3.8) is 0 Å². The molecule has 4 heteroatoms. The van der Waals surface area contributed by atoms with Gasteiger partial charge in [0, 0.05) is 6.42 Å². The summed E-state index contributed by atoms with van der Waals surface area (Å²) in [4.78, 5) is 0. The molecule has 0 saturated carbocycles. The second-order valence-electron chi connectivity index (χ2n) is 4.26. The monoisotopic (exact) mass is 258 g/mol. The summed E-state index contributed by atoms with van der Waals surface area (Å²) in [5.74, 6) is 1.08. The fourth-order valence-electron chi connectivity index (χ4n) is 1.88. The standard InChI is InChI=1S/C15H18N2O2/c1-3-4-5-14-15(18)10-16-17(14)11-12-6-8-13(19-2)9-7-12/h3-4,6-10,18H,5,11H2,1-2H3/b4-3+. The molecular formula is C15H18N2O2. The van der Waals surface area contributed by atoms with E-state index in [0.717, 1.165) is 17.0 Å². The molecule has 100 valence electrons. The van der Waals surface area contributed by atoms with Crippen LogP contribution in [0.2, 0.25) is 0 Å². The molecule has 1 N–H and O–H groups in total. The van der Waals surface area contributed by atoms with E-state index in [1.807, 2.05) is 48.0 Å². The summed E-state index contributed by atoms with van der Waals surface area (Å²) >= 11 is 0. The van der Waals surface area contributed by atoms with Crippen LogP contribution < -0.4 is 4.74 Å². The van der Waals surface area contributed by atoms with Crippen LogP contribution in [0.25, 0.3) is 0 Å². The topological polar surface area (TPSA) is 47.3 Å². The molecule has 2 aromatic rings. The van der Waals surface area contributed by atoms with E-state index in [0.29, 0.717) is 13.0 Å². The number of nitrogens with zero attached hydrogens (tertiary/aromatic N) is 2. The van der Waals surface area contributed by atoms with E-state index in [9.17, 15) is 5.11 Å². The fourth-order valence-corrected chi connectivity index (χ4v) is 1.88. The maximum absolute atomic E-state index is 9.78. The molecule has 0 aliphatic heterocycles. The summed E-state index contributed by atoms with van der Waals surface area (Å²) in [7, 11) is 1.65. The first kappa shape index (κ1) is 13.2. The van der Waals surface area contributed by atoms with Crippen molar-refractivity contribution in [1.82, 2.24) is 9.78 Å². The Morgan fingerprint density at radius 2 is 2.05 bits per heavy atom. The van der Waals surface area contributed by atoms with Crippen molar-refractivity contribution in [3.05, 3.63) is 53.9 Å². The van der Waals surface area contributed by atoms with E-state index in [4.69, 9.17) is 4.74 Å². The van der Waals surface area contributed by atoms with Gasteiger partial charge in [-0.25, -0.2) is 0 Å². The lowest BCUT2D eigenvalue weighted by atomic mass is 10.2. The van der Waals surface area contributed by atoms with Crippen LogP contribution in [0.3, 0.4) is 0 Å². The molecular weight excluding hydrogens is 240 g/mol. The molecule has 1 aromatic carbocycles. The van der Waals surface area contributed by atoms with Crippen molar-refractivity contribution in [1.29, 1.82) is 0 Å². The summed E-state index contributed by atoms with van der Waals surface area (Å²) < 4.78 is 6.95. The van der Waals surface area contributed by atoms with Crippen molar-refractivity contribution in [2.75, 3.05) is 7.11 Å². The molecule has 0 fully saturated rings. The van der Waals surface area contributed by atoms with Gasteiger partial charge in [-0.2, -0.15) is 5.10 Å². The van der Waals surface area contributed by atoms with E-state index in [-0.39, 0.29) is 5.75 Å². The van der Waals surface area contributed by atoms with Gasteiger partial charge < -0.3 is 9.84 Å². The molecule has 2 rings (SSSR count). The van der Waals surface area contributed by atoms with Crippen molar-refractivity contribution in [2.24, 2.45) is 0 Å². The normalized spacial score (nSPS) is 11.1. The van der Waals surface area contributed by atoms with Crippen molar-refractivity contribution in [2.45, 2.75) is 19.9 Å². The minimum absolute atomic E-state index is 0.242. The quantitative estimate of drug-likeness (QED) is 0.839. The van der Waals surface area contributed by atoms with Crippen LogP contribution in [-0.2, 0) is 13.0 Å². The minimum atomic E-state index is 0.242. The maximum atomic E-state index is 9.78. The largest absolute Gasteiger partial charge is 0.504 e. The van der Waals surface area contributed by atoms with Gasteiger partial charge in [-0.05, 0) is 24.6 Å². The first-order chi connectivity index (χ1) is 9.24. The van der Waals surface area contributed by atoms with Crippen LogP contribution >= 0.6 is 0 Å². The van der Waals surface area contributed by atoms with Gasteiger partial charge in [-0.15, -0.1) is 0 Å². The van der Waals surface area contributed by atoms with Gasteiger partial charge in [0.15, 0.2) is 5.75 Å². The van der Waals surface area contributed by atoms with Crippen LogP contribution in [0.5, 0.6) is 11.5 Å². The zero-order valence-corrected chi connectivity index (χ0v) is 11.2. The number of hydrogen-bond donors (Lipinski definition) is 1. The van der Waals surface area contributed by atoms with Gasteiger partial charge in [0.05, 0.1) is 25.5 Å². The Hall–Kier alpha value is -2.23. The Bertz CT molecular complexity index is 556. The molecule has 0 amide bonds. The zero-order chi connectivity index (χ0) is 13.7. The van der Waals surface area contributed by atoms with E-state index in [1.165, 1.54) is 6.20 Å². The Balaban J connectivity index is 2.17. The molecule has 0 unspecified atom stereocenters. The van der Waals surface area contributed by atoms with Gasteiger partial charge in [0.2, 0.25) is 0 Å². The summed E-state index contributed by atoms with van der Waals surface area (Å²) in [5.41, 5.74) is 1.94. The second kappa shape index (κ2) is 6.09. The molecule has 1 heterocycles. The first-order valence-electron chi connectivity index (χ1n) is 6.22. The molecule has 0 aliphatic rings. The average molecular weight is 258 g/mol. The van der Waals surface area contributed by atoms with E-state index in [1.54, 1.807) is 7.11 Å². The smallest absolute Gasteiger partial charge is 0.157 e. The summed E-state index contributed by atoms with van der Waals surface area (Å²) in [6.45, 7) is 2.60. The molecule has 4 nitrogen and oxygen atoms in total. The molecule has 0 saturated heterocycles. The number of aromatic hydroxyl groups is 1. The first-order valence-corrected chi connectivity index (χ1v) is 6.22. The number of allylic oxidation sites excluding steroid dienone is 2. The molecule has 0 bridgehead atoms.